The second kappa shape index (κ2) is 10.0. The van der Waals surface area contributed by atoms with Crippen molar-refractivity contribution in [2.75, 3.05) is 19.5 Å². The predicted molar refractivity (Wildman–Crippen MR) is 125 cm³/mol. The van der Waals surface area contributed by atoms with Crippen LogP contribution in [0.25, 0.3) is 11.3 Å². The van der Waals surface area contributed by atoms with Gasteiger partial charge >= 0.3 is 0 Å². The third kappa shape index (κ3) is 5.21. The van der Waals surface area contributed by atoms with Crippen molar-refractivity contribution in [2.24, 2.45) is 0 Å². The van der Waals surface area contributed by atoms with Gasteiger partial charge in [-0.1, -0.05) is 12.8 Å². The number of carbonyl (C=O) groups is 1. The van der Waals surface area contributed by atoms with Gasteiger partial charge in [0.1, 0.15) is 17.6 Å². The Kier molecular flexibility index (Phi) is 6.69. The van der Waals surface area contributed by atoms with E-state index in [-0.39, 0.29) is 11.9 Å². The van der Waals surface area contributed by atoms with Crippen LogP contribution in [0.2, 0.25) is 0 Å². The lowest BCUT2D eigenvalue weighted by molar-refractivity contribution is 0.0937. The molecule has 0 spiro atoms. The fourth-order valence-corrected chi connectivity index (χ4v) is 3.92. The summed E-state index contributed by atoms with van der Waals surface area (Å²) in [7, 11) is 3.09. The fraction of sp³-hybridized carbons (Fsp3) is 0.280. The number of nitrogens with one attached hydrogen (secondary N) is 2. The van der Waals surface area contributed by atoms with E-state index >= 15 is 0 Å². The van der Waals surface area contributed by atoms with Gasteiger partial charge in [-0.05, 0) is 49.2 Å². The zero-order valence-electron chi connectivity index (χ0n) is 18.6. The van der Waals surface area contributed by atoms with E-state index in [0.29, 0.717) is 40.0 Å². The molecule has 2 N–H and O–H groups in total. The summed E-state index contributed by atoms with van der Waals surface area (Å²) in [6.07, 6.45) is 5.96. The molecular weight excluding hydrogens is 418 g/mol. The maximum atomic E-state index is 12.8. The Bertz CT molecular complexity index is 1200. The Balaban J connectivity index is 1.58. The largest absolute Gasteiger partial charge is 0.497 e. The van der Waals surface area contributed by atoms with Crippen LogP contribution in [0.3, 0.4) is 0 Å². The molecule has 8 nitrogen and oxygen atoms in total. The minimum Gasteiger partial charge on any atom is -0.497 e. The number of anilines is 2. The third-order valence-corrected chi connectivity index (χ3v) is 5.62. The van der Waals surface area contributed by atoms with Crippen molar-refractivity contribution in [3.05, 3.63) is 59.8 Å². The van der Waals surface area contributed by atoms with Crippen LogP contribution in [0, 0.1) is 11.3 Å². The lowest BCUT2D eigenvalue weighted by Crippen LogP contribution is -2.32. The Morgan fingerprint density at radius 3 is 2.64 bits per heavy atom. The van der Waals surface area contributed by atoms with Gasteiger partial charge in [-0.3, -0.25) is 4.79 Å². The molecular formula is C25H25N5O3. The molecule has 0 radical (unpaired) electrons. The highest BCUT2D eigenvalue weighted by molar-refractivity contribution is 5.96. The average Bonchev–Trinajstić information content (AvgIpc) is 3.36. The molecule has 0 aliphatic heterocycles. The van der Waals surface area contributed by atoms with Crippen molar-refractivity contribution in [1.82, 2.24) is 15.3 Å². The normalized spacial score (nSPS) is 13.2. The van der Waals surface area contributed by atoms with Crippen molar-refractivity contribution in [3.8, 4) is 28.8 Å². The van der Waals surface area contributed by atoms with Crippen molar-refractivity contribution in [2.45, 2.75) is 31.7 Å². The zero-order chi connectivity index (χ0) is 23.2. The van der Waals surface area contributed by atoms with E-state index in [1.54, 1.807) is 49.7 Å². The highest BCUT2D eigenvalue weighted by atomic mass is 16.5. The van der Waals surface area contributed by atoms with E-state index in [4.69, 9.17) is 9.47 Å². The number of methoxy groups -OCH3 is 2. The van der Waals surface area contributed by atoms with Gasteiger partial charge in [-0.25, -0.2) is 9.97 Å². The summed E-state index contributed by atoms with van der Waals surface area (Å²) in [6, 6.07) is 14.7. The van der Waals surface area contributed by atoms with E-state index in [1.807, 2.05) is 6.07 Å². The van der Waals surface area contributed by atoms with Crippen molar-refractivity contribution >= 4 is 17.5 Å². The Morgan fingerprint density at radius 2 is 1.91 bits per heavy atom. The first-order chi connectivity index (χ1) is 16.1. The van der Waals surface area contributed by atoms with E-state index in [2.05, 4.69) is 26.7 Å². The molecule has 1 fully saturated rings. The summed E-state index contributed by atoms with van der Waals surface area (Å²) >= 11 is 0. The molecule has 8 heteroatoms. The molecule has 1 aliphatic carbocycles. The van der Waals surface area contributed by atoms with E-state index in [0.717, 1.165) is 31.2 Å². The zero-order valence-corrected chi connectivity index (χ0v) is 18.6. The van der Waals surface area contributed by atoms with Crippen LogP contribution in [0.4, 0.5) is 11.6 Å². The summed E-state index contributed by atoms with van der Waals surface area (Å²) in [6.45, 7) is 0. The first-order valence-corrected chi connectivity index (χ1v) is 10.8. The molecule has 0 unspecified atom stereocenters. The Hall–Kier alpha value is -4.12. The molecule has 3 aromatic rings. The van der Waals surface area contributed by atoms with Gasteiger partial charge < -0.3 is 20.1 Å². The molecule has 4 rings (SSSR count). The standard InChI is InChI=1S/C25H25N5O3/c1-32-21-13-17(24(31)28-19-5-3-4-6-19)12-20(14-21)29-25-27-10-9-22(30-25)16-7-8-23(33-2)18(11-16)15-26/h7-14,19H,3-6H2,1-2H3,(H,28,31)(H,27,29,30). The number of carbonyl (C=O) groups excluding carboxylic acids is 1. The van der Waals surface area contributed by atoms with Crippen molar-refractivity contribution in [1.29, 1.82) is 5.26 Å². The maximum absolute atomic E-state index is 12.8. The van der Waals surface area contributed by atoms with Crippen LogP contribution in [-0.2, 0) is 0 Å². The molecule has 1 amide bonds. The highest BCUT2D eigenvalue weighted by Crippen LogP contribution is 2.27. The summed E-state index contributed by atoms with van der Waals surface area (Å²) in [5.41, 5.74) is 2.98. The fourth-order valence-electron chi connectivity index (χ4n) is 3.92. The Morgan fingerprint density at radius 1 is 1.09 bits per heavy atom. The van der Waals surface area contributed by atoms with Crippen LogP contribution in [-0.4, -0.2) is 36.1 Å². The number of ether oxygens (including phenoxy) is 2. The number of aromatic nitrogens is 2. The van der Waals surface area contributed by atoms with Crippen molar-refractivity contribution in [3.63, 3.8) is 0 Å². The highest BCUT2D eigenvalue weighted by Gasteiger charge is 2.19. The maximum Gasteiger partial charge on any atom is 0.251 e. The first kappa shape index (κ1) is 22.1. The number of hydrogen-bond acceptors (Lipinski definition) is 7. The van der Waals surface area contributed by atoms with Gasteiger partial charge in [0.05, 0.1) is 25.5 Å². The SMILES string of the molecule is COc1cc(Nc2nccc(-c3ccc(OC)c(C#N)c3)n2)cc(C(=O)NC2CCCC2)c1. The summed E-state index contributed by atoms with van der Waals surface area (Å²) < 4.78 is 10.6. The van der Waals surface area contributed by atoms with Gasteiger partial charge in [0, 0.05) is 35.1 Å². The lowest BCUT2D eigenvalue weighted by Gasteiger charge is -2.14. The average molecular weight is 444 g/mol. The summed E-state index contributed by atoms with van der Waals surface area (Å²) in [4.78, 5) is 21.6. The van der Waals surface area contributed by atoms with Gasteiger partial charge in [-0.2, -0.15) is 5.26 Å². The number of benzene rings is 2. The second-order valence-electron chi connectivity index (χ2n) is 7.82. The van der Waals surface area contributed by atoms with Crippen LogP contribution in [0.5, 0.6) is 11.5 Å². The molecule has 1 heterocycles. The summed E-state index contributed by atoms with van der Waals surface area (Å²) in [5, 5.41) is 15.6. The number of rotatable bonds is 7. The minimum atomic E-state index is -0.124. The van der Waals surface area contributed by atoms with Crippen LogP contribution in [0.15, 0.2) is 48.7 Å². The topological polar surface area (TPSA) is 109 Å². The molecule has 1 aromatic heterocycles. The van der Waals surface area contributed by atoms with E-state index < -0.39 is 0 Å². The first-order valence-electron chi connectivity index (χ1n) is 10.8. The molecule has 168 valence electrons. The third-order valence-electron chi connectivity index (χ3n) is 5.62. The van der Waals surface area contributed by atoms with E-state index in [1.165, 1.54) is 7.11 Å². The number of hydrogen-bond donors (Lipinski definition) is 2. The molecule has 0 atom stereocenters. The molecule has 2 aromatic carbocycles. The molecule has 1 aliphatic rings. The van der Waals surface area contributed by atoms with E-state index in [9.17, 15) is 10.1 Å². The van der Waals surface area contributed by atoms with Gasteiger partial charge in [0.25, 0.3) is 5.91 Å². The van der Waals surface area contributed by atoms with Crippen LogP contribution < -0.4 is 20.1 Å². The quantitative estimate of drug-likeness (QED) is 0.555. The lowest BCUT2D eigenvalue weighted by atomic mass is 10.1. The number of amides is 1. The number of nitrogens with zero attached hydrogens (tertiary/aromatic N) is 3. The van der Waals surface area contributed by atoms with Crippen LogP contribution in [0.1, 0.15) is 41.6 Å². The molecule has 0 bridgehead atoms. The molecule has 0 saturated heterocycles. The summed E-state index contributed by atoms with van der Waals surface area (Å²) in [5.74, 6) is 1.30. The predicted octanol–water partition coefficient (Wildman–Crippen LogP) is 4.45. The van der Waals surface area contributed by atoms with Crippen LogP contribution >= 0.6 is 0 Å². The van der Waals surface area contributed by atoms with Gasteiger partial charge in [0.2, 0.25) is 5.95 Å². The second-order valence-corrected chi connectivity index (χ2v) is 7.82. The van der Waals surface area contributed by atoms with Crippen molar-refractivity contribution < 1.29 is 14.3 Å². The van der Waals surface area contributed by atoms with Gasteiger partial charge in [0.15, 0.2) is 0 Å². The Labute approximate surface area is 192 Å². The number of nitriles is 1. The van der Waals surface area contributed by atoms with Gasteiger partial charge in [-0.15, -0.1) is 0 Å². The monoisotopic (exact) mass is 443 g/mol. The smallest absolute Gasteiger partial charge is 0.251 e. The molecule has 33 heavy (non-hydrogen) atoms. The minimum absolute atomic E-state index is 0.124. The molecule has 1 saturated carbocycles.